The van der Waals surface area contributed by atoms with Gasteiger partial charge in [-0.25, -0.2) is 0 Å². The van der Waals surface area contributed by atoms with E-state index in [2.05, 4.69) is 5.32 Å². The molecule has 0 saturated heterocycles. The van der Waals surface area contributed by atoms with Crippen molar-refractivity contribution in [1.82, 2.24) is 4.57 Å². The van der Waals surface area contributed by atoms with Crippen molar-refractivity contribution in [1.29, 1.82) is 0 Å². The highest BCUT2D eigenvalue weighted by molar-refractivity contribution is 7.07. The van der Waals surface area contributed by atoms with Gasteiger partial charge >= 0.3 is 10.8 Å². The lowest BCUT2D eigenvalue weighted by Gasteiger charge is -2.28. The molecule has 2 aromatic rings. The number of para-hydroxylation sites is 2. The Morgan fingerprint density at radius 2 is 2.04 bits per heavy atom. The molecule has 1 aliphatic heterocycles. The number of esters is 1. The number of aromatic nitrogens is 1. The smallest absolute Gasteiger partial charge is 0.326 e. The summed E-state index contributed by atoms with van der Waals surface area (Å²) in [7, 11) is 0. The van der Waals surface area contributed by atoms with Gasteiger partial charge in [0.05, 0.1) is 11.4 Å². The Labute approximate surface area is 146 Å². The first-order valence-electron chi connectivity index (χ1n) is 7.45. The summed E-state index contributed by atoms with van der Waals surface area (Å²) >= 11 is 0.993. The van der Waals surface area contributed by atoms with Crippen molar-refractivity contribution < 1.29 is 19.1 Å². The van der Waals surface area contributed by atoms with Crippen LogP contribution >= 0.6 is 11.3 Å². The fourth-order valence-corrected chi connectivity index (χ4v) is 3.18. The molecule has 0 unspecified atom stereocenters. The third-order valence-electron chi connectivity index (χ3n) is 3.69. The molecule has 3 rings (SSSR count). The van der Waals surface area contributed by atoms with E-state index in [1.807, 2.05) is 0 Å². The molecule has 1 N–H and O–H groups in total. The van der Waals surface area contributed by atoms with Gasteiger partial charge in [0.2, 0.25) is 5.91 Å². The summed E-state index contributed by atoms with van der Waals surface area (Å²) in [6.07, 6.45) is 0. The molecule has 2 amide bonds. The number of amides is 2. The van der Waals surface area contributed by atoms with Gasteiger partial charge in [0.1, 0.15) is 13.1 Å². The van der Waals surface area contributed by atoms with Crippen LogP contribution in [0, 0.1) is 6.92 Å². The third kappa shape index (κ3) is 3.61. The predicted molar refractivity (Wildman–Crippen MR) is 91.7 cm³/mol. The molecule has 25 heavy (non-hydrogen) atoms. The van der Waals surface area contributed by atoms with Gasteiger partial charge in [0.25, 0.3) is 5.91 Å². The molecular formula is C16H15N3O5S. The van der Waals surface area contributed by atoms with Crippen molar-refractivity contribution in [2.24, 2.45) is 0 Å². The number of benzene rings is 1. The van der Waals surface area contributed by atoms with Crippen LogP contribution in [0.1, 0.15) is 5.69 Å². The first-order valence-corrected chi connectivity index (χ1v) is 8.33. The summed E-state index contributed by atoms with van der Waals surface area (Å²) in [6, 6.07) is 6.87. The molecule has 0 aliphatic carbocycles. The van der Waals surface area contributed by atoms with Crippen molar-refractivity contribution in [3.8, 4) is 0 Å². The molecule has 8 nitrogen and oxygen atoms in total. The zero-order valence-corrected chi connectivity index (χ0v) is 14.2. The Morgan fingerprint density at radius 1 is 1.28 bits per heavy atom. The number of aryl methyl sites for hydroxylation is 1. The topological polar surface area (TPSA) is 97.7 Å². The largest absolute Gasteiger partial charge is 0.454 e. The number of ether oxygens (including phenoxy) is 1. The first-order chi connectivity index (χ1) is 12.0. The van der Waals surface area contributed by atoms with Gasteiger partial charge in [-0.3, -0.25) is 28.6 Å². The fourth-order valence-electron chi connectivity index (χ4n) is 2.45. The zero-order chi connectivity index (χ0) is 18.0. The van der Waals surface area contributed by atoms with Gasteiger partial charge in [-0.05, 0) is 19.1 Å². The molecule has 0 atom stereocenters. The van der Waals surface area contributed by atoms with Crippen LogP contribution in [0.4, 0.5) is 11.4 Å². The van der Waals surface area contributed by atoms with E-state index in [-0.39, 0.29) is 23.9 Å². The predicted octanol–water partition coefficient (Wildman–Crippen LogP) is 0.747. The standard InChI is InChI=1S/C16H15N3O5S/c1-10-9-25-16(23)18(10)7-15(22)24-8-14(21)19-6-13(20)17-11-4-2-3-5-12(11)19/h2-5,9H,6-8H2,1H3,(H,17,20). The van der Waals surface area contributed by atoms with Gasteiger partial charge < -0.3 is 10.1 Å². The molecule has 1 aliphatic rings. The molecule has 0 saturated carbocycles. The second-order valence-corrected chi connectivity index (χ2v) is 6.26. The molecule has 9 heteroatoms. The van der Waals surface area contributed by atoms with E-state index in [9.17, 15) is 19.2 Å². The van der Waals surface area contributed by atoms with Crippen molar-refractivity contribution in [2.45, 2.75) is 13.5 Å². The highest BCUT2D eigenvalue weighted by atomic mass is 32.1. The van der Waals surface area contributed by atoms with Gasteiger partial charge in [0, 0.05) is 11.1 Å². The van der Waals surface area contributed by atoms with Crippen molar-refractivity contribution in [2.75, 3.05) is 23.4 Å². The number of carbonyl (C=O) groups is 3. The molecule has 1 aromatic heterocycles. The highest BCUT2D eigenvalue weighted by Gasteiger charge is 2.27. The Kier molecular flexibility index (Phi) is 4.66. The number of anilines is 2. The molecule has 0 radical (unpaired) electrons. The number of hydrogen-bond acceptors (Lipinski definition) is 6. The number of hydrogen-bond donors (Lipinski definition) is 1. The Hall–Kier alpha value is -2.94. The minimum atomic E-state index is -0.688. The summed E-state index contributed by atoms with van der Waals surface area (Å²) in [4.78, 5) is 48.5. The maximum absolute atomic E-state index is 12.3. The minimum absolute atomic E-state index is 0.142. The summed E-state index contributed by atoms with van der Waals surface area (Å²) in [5.74, 6) is -1.52. The monoisotopic (exact) mass is 361 g/mol. The summed E-state index contributed by atoms with van der Waals surface area (Å²) < 4.78 is 6.25. The molecule has 0 bridgehead atoms. The number of carbonyl (C=O) groups excluding carboxylic acids is 3. The molecule has 0 spiro atoms. The second kappa shape index (κ2) is 6.89. The van der Waals surface area contributed by atoms with Crippen LogP contribution in [0.5, 0.6) is 0 Å². The van der Waals surface area contributed by atoms with E-state index in [4.69, 9.17) is 4.74 Å². The number of nitrogens with zero attached hydrogens (tertiary/aromatic N) is 2. The molecule has 130 valence electrons. The van der Waals surface area contributed by atoms with E-state index in [0.717, 1.165) is 11.3 Å². The Balaban J connectivity index is 1.64. The van der Waals surface area contributed by atoms with E-state index >= 15 is 0 Å². The van der Waals surface area contributed by atoms with Crippen LogP contribution < -0.4 is 15.1 Å². The Morgan fingerprint density at radius 3 is 2.76 bits per heavy atom. The van der Waals surface area contributed by atoms with Crippen LogP contribution in [0.15, 0.2) is 34.4 Å². The quantitative estimate of drug-likeness (QED) is 0.811. The van der Waals surface area contributed by atoms with Crippen LogP contribution in [-0.2, 0) is 25.7 Å². The lowest BCUT2D eigenvalue weighted by molar-refractivity contribution is -0.148. The first kappa shape index (κ1) is 16.9. The SMILES string of the molecule is Cc1csc(=O)n1CC(=O)OCC(=O)N1CC(=O)Nc2ccccc21. The highest BCUT2D eigenvalue weighted by Crippen LogP contribution is 2.28. The van der Waals surface area contributed by atoms with Crippen LogP contribution in [0.2, 0.25) is 0 Å². The van der Waals surface area contributed by atoms with Crippen LogP contribution in [-0.4, -0.2) is 35.5 Å². The van der Waals surface area contributed by atoms with E-state index in [1.54, 1.807) is 36.6 Å². The normalized spacial score (nSPS) is 13.2. The van der Waals surface area contributed by atoms with Gasteiger partial charge in [-0.2, -0.15) is 0 Å². The zero-order valence-electron chi connectivity index (χ0n) is 13.4. The molecule has 1 aromatic carbocycles. The van der Waals surface area contributed by atoms with Crippen molar-refractivity contribution >= 4 is 40.5 Å². The van der Waals surface area contributed by atoms with E-state index < -0.39 is 18.5 Å². The van der Waals surface area contributed by atoms with Crippen LogP contribution in [0.25, 0.3) is 0 Å². The summed E-state index contributed by atoms with van der Waals surface area (Å²) in [6.45, 7) is 0.813. The van der Waals surface area contributed by atoms with E-state index in [0.29, 0.717) is 17.1 Å². The number of nitrogens with one attached hydrogen (secondary N) is 1. The maximum Gasteiger partial charge on any atom is 0.326 e. The number of rotatable bonds is 4. The number of fused-ring (bicyclic) bond motifs is 1. The minimum Gasteiger partial charge on any atom is -0.454 e. The van der Waals surface area contributed by atoms with Crippen LogP contribution in [0.3, 0.4) is 0 Å². The van der Waals surface area contributed by atoms with Crippen molar-refractivity contribution in [3.05, 3.63) is 45.0 Å². The lowest BCUT2D eigenvalue weighted by atomic mass is 10.2. The molecule has 2 heterocycles. The summed E-state index contributed by atoms with van der Waals surface area (Å²) in [5.41, 5.74) is 1.73. The molecular weight excluding hydrogens is 346 g/mol. The Bertz CT molecular complexity index is 901. The van der Waals surface area contributed by atoms with Gasteiger partial charge in [0.15, 0.2) is 6.61 Å². The number of thiazole rings is 1. The fraction of sp³-hybridized carbons (Fsp3) is 0.250. The lowest BCUT2D eigenvalue weighted by Crippen LogP contribution is -2.44. The average Bonchev–Trinajstić information content (AvgIpc) is 2.90. The van der Waals surface area contributed by atoms with Gasteiger partial charge in [-0.1, -0.05) is 23.5 Å². The molecule has 0 fully saturated rings. The van der Waals surface area contributed by atoms with E-state index in [1.165, 1.54) is 9.47 Å². The maximum atomic E-state index is 12.3. The van der Waals surface area contributed by atoms with Gasteiger partial charge in [-0.15, -0.1) is 0 Å². The second-order valence-electron chi connectivity index (χ2n) is 5.44. The summed E-state index contributed by atoms with van der Waals surface area (Å²) in [5, 5.41) is 4.32. The average molecular weight is 361 g/mol. The third-order valence-corrected chi connectivity index (χ3v) is 4.57. The van der Waals surface area contributed by atoms with Crippen molar-refractivity contribution in [3.63, 3.8) is 0 Å².